The lowest BCUT2D eigenvalue weighted by Gasteiger charge is -2.08. The highest BCUT2D eigenvalue weighted by Gasteiger charge is 1.97. The van der Waals surface area contributed by atoms with Crippen LogP contribution in [0.2, 0.25) is 5.02 Å². The van der Waals surface area contributed by atoms with E-state index in [0.29, 0.717) is 0 Å². The lowest BCUT2D eigenvalue weighted by atomic mass is 10.1. The highest BCUT2D eigenvalue weighted by molar-refractivity contribution is 6.33. The minimum absolute atomic E-state index is 0.754. The molecule has 0 spiro atoms. The van der Waals surface area contributed by atoms with Crippen LogP contribution in [0.4, 0.5) is 11.4 Å². The molecule has 0 heterocycles. The monoisotopic (exact) mass is 246 g/mol. The van der Waals surface area contributed by atoms with Crippen LogP contribution in [0, 0.1) is 0 Å². The average Bonchev–Trinajstić information content (AvgIpc) is 2.34. The summed E-state index contributed by atoms with van der Waals surface area (Å²) in [6.45, 7) is 0.855. The van der Waals surface area contributed by atoms with E-state index in [4.69, 9.17) is 17.3 Å². The Balaban J connectivity index is 1.88. The van der Waals surface area contributed by atoms with Crippen molar-refractivity contribution in [3.8, 4) is 0 Å². The first-order valence-electron chi connectivity index (χ1n) is 5.58. The summed E-state index contributed by atoms with van der Waals surface area (Å²) >= 11 is 6.05. The maximum Gasteiger partial charge on any atom is 0.0637 e. The first kappa shape index (κ1) is 11.8. The molecule has 0 aliphatic rings. The van der Waals surface area contributed by atoms with Gasteiger partial charge in [0.25, 0.3) is 0 Å². The third-order valence-corrected chi connectivity index (χ3v) is 2.91. The summed E-state index contributed by atoms with van der Waals surface area (Å²) in [5.41, 5.74) is 8.67. The van der Waals surface area contributed by atoms with Gasteiger partial charge >= 0.3 is 0 Å². The average molecular weight is 247 g/mol. The van der Waals surface area contributed by atoms with Gasteiger partial charge < -0.3 is 11.1 Å². The fourth-order valence-corrected chi connectivity index (χ4v) is 1.83. The van der Waals surface area contributed by atoms with E-state index in [9.17, 15) is 0 Å². The summed E-state index contributed by atoms with van der Waals surface area (Å²) in [5, 5.41) is 4.07. The molecule has 17 heavy (non-hydrogen) atoms. The number of hydrogen-bond acceptors (Lipinski definition) is 2. The van der Waals surface area contributed by atoms with Crippen LogP contribution in [0.25, 0.3) is 0 Å². The molecular formula is C14H15ClN2. The summed E-state index contributed by atoms with van der Waals surface area (Å²) < 4.78 is 0. The molecule has 0 saturated carbocycles. The number of nitrogens with two attached hydrogens (primary N) is 1. The normalized spacial score (nSPS) is 10.2. The van der Waals surface area contributed by atoms with E-state index in [1.54, 1.807) is 0 Å². The maximum absolute atomic E-state index is 6.05. The Hall–Kier alpha value is -1.67. The molecule has 3 heteroatoms. The molecule has 0 unspecified atom stereocenters. The summed E-state index contributed by atoms with van der Waals surface area (Å²) in [6, 6.07) is 15.7. The van der Waals surface area contributed by atoms with Crippen molar-refractivity contribution >= 4 is 23.0 Å². The van der Waals surface area contributed by atoms with Crippen LogP contribution in [0.5, 0.6) is 0 Å². The molecule has 88 valence electrons. The van der Waals surface area contributed by atoms with Gasteiger partial charge in [0.2, 0.25) is 0 Å². The van der Waals surface area contributed by atoms with Gasteiger partial charge in [0.15, 0.2) is 0 Å². The number of halogens is 1. The fourth-order valence-electron chi connectivity index (χ4n) is 1.63. The van der Waals surface area contributed by atoms with Gasteiger partial charge in [0.05, 0.1) is 10.7 Å². The standard InChI is InChI=1S/C14H15ClN2/c15-13-3-1-2-4-14(13)17-10-9-11-5-7-12(16)8-6-11/h1-8,17H,9-10,16H2. The first-order valence-corrected chi connectivity index (χ1v) is 5.96. The molecule has 0 fully saturated rings. The zero-order valence-corrected chi connectivity index (χ0v) is 10.2. The molecule has 0 bridgehead atoms. The lowest BCUT2D eigenvalue weighted by molar-refractivity contribution is 1.02. The van der Waals surface area contributed by atoms with E-state index in [0.717, 1.165) is 29.4 Å². The van der Waals surface area contributed by atoms with Gasteiger partial charge in [-0.25, -0.2) is 0 Å². The van der Waals surface area contributed by atoms with Crippen LogP contribution in [0.1, 0.15) is 5.56 Å². The van der Waals surface area contributed by atoms with Gasteiger partial charge in [-0.1, -0.05) is 35.9 Å². The number of hydrogen-bond donors (Lipinski definition) is 2. The molecule has 0 aromatic heterocycles. The third kappa shape index (κ3) is 3.40. The topological polar surface area (TPSA) is 38.0 Å². The number of para-hydroxylation sites is 1. The second-order valence-electron chi connectivity index (χ2n) is 3.90. The molecule has 0 amide bonds. The molecule has 2 rings (SSSR count). The number of nitrogens with one attached hydrogen (secondary N) is 1. The summed E-state index contributed by atoms with van der Waals surface area (Å²) in [6.07, 6.45) is 0.950. The molecule has 2 aromatic rings. The summed E-state index contributed by atoms with van der Waals surface area (Å²) in [5.74, 6) is 0. The van der Waals surface area contributed by atoms with Crippen LogP contribution in [-0.4, -0.2) is 6.54 Å². The van der Waals surface area contributed by atoms with Gasteiger partial charge in [-0.2, -0.15) is 0 Å². The van der Waals surface area contributed by atoms with E-state index < -0.39 is 0 Å². The van der Waals surface area contributed by atoms with Crippen LogP contribution in [-0.2, 0) is 6.42 Å². The number of benzene rings is 2. The van der Waals surface area contributed by atoms with Crippen molar-refractivity contribution in [3.63, 3.8) is 0 Å². The van der Waals surface area contributed by atoms with Gasteiger partial charge in [0.1, 0.15) is 0 Å². The Morgan fingerprint density at radius 3 is 2.41 bits per heavy atom. The predicted octanol–water partition coefficient (Wildman–Crippen LogP) is 3.58. The molecule has 2 nitrogen and oxygen atoms in total. The van der Waals surface area contributed by atoms with E-state index in [2.05, 4.69) is 5.32 Å². The zero-order valence-electron chi connectivity index (χ0n) is 9.49. The van der Waals surface area contributed by atoms with Crippen LogP contribution < -0.4 is 11.1 Å². The van der Waals surface area contributed by atoms with Crippen LogP contribution >= 0.6 is 11.6 Å². The van der Waals surface area contributed by atoms with Crippen LogP contribution in [0.3, 0.4) is 0 Å². The minimum atomic E-state index is 0.754. The lowest BCUT2D eigenvalue weighted by Crippen LogP contribution is -2.05. The molecule has 0 radical (unpaired) electrons. The van der Waals surface area contributed by atoms with Gasteiger partial charge in [0, 0.05) is 12.2 Å². The minimum Gasteiger partial charge on any atom is -0.399 e. The Bertz CT molecular complexity index is 480. The molecule has 0 aliphatic carbocycles. The largest absolute Gasteiger partial charge is 0.399 e. The zero-order chi connectivity index (χ0) is 12.1. The summed E-state index contributed by atoms with van der Waals surface area (Å²) in [4.78, 5) is 0. The molecular weight excluding hydrogens is 232 g/mol. The third-order valence-electron chi connectivity index (χ3n) is 2.58. The molecule has 3 N–H and O–H groups in total. The second kappa shape index (κ2) is 5.60. The SMILES string of the molecule is Nc1ccc(CCNc2ccccc2Cl)cc1. The molecule has 2 aromatic carbocycles. The Labute approximate surface area is 106 Å². The highest BCUT2D eigenvalue weighted by atomic mass is 35.5. The second-order valence-corrected chi connectivity index (χ2v) is 4.31. The predicted molar refractivity (Wildman–Crippen MR) is 74.5 cm³/mol. The quantitative estimate of drug-likeness (QED) is 0.810. The van der Waals surface area contributed by atoms with Gasteiger partial charge in [-0.05, 0) is 36.2 Å². The molecule has 0 aliphatic heterocycles. The number of anilines is 2. The van der Waals surface area contributed by atoms with Crippen molar-refractivity contribution in [1.29, 1.82) is 0 Å². The van der Waals surface area contributed by atoms with E-state index in [1.165, 1.54) is 5.56 Å². The number of rotatable bonds is 4. The van der Waals surface area contributed by atoms with Crippen molar-refractivity contribution in [1.82, 2.24) is 0 Å². The van der Waals surface area contributed by atoms with Crippen molar-refractivity contribution < 1.29 is 0 Å². The van der Waals surface area contributed by atoms with Crippen molar-refractivity contribution in [2.45, 2.75) is 6.42 Å². The van der Waals surface area contributed by atoms with Crippen molar-refractivity contribution in [3.05, 3.63) is 59.1 Å². The smallest absolute Gasteiger partial charge is 0.0637 e. The Morgan fingerprint density at radius 2 is 1.71 bits per heavy atom. The van der Waals surface area contributed by atoms with Crippen molar-refractivity contribution in [2.24, 2.45) is 0 Å². The van der Waals surface area contributed by atoms with E-state index >= 15 is 0 Å². The van der Waals surface area contributed by atoms with Crippen molar-refractivity contribution in [2.75, 3.05) is 17.6 Å². The summed E-state index contributed by atoms with van der Waals surface area (Å²) in [7, 11) is 0. The highest BCUT2D eigenvalue weighted by Crippen LogP contribution is 2.20. The van der Waals surface area contributed by atoms with E-state index in [-0.39, 0.29) is 0 Å². The maximum atomic E-state index is 6.05. The Morgan fingerprint density at radius 1 is 1.00 bits per heavy atom. The molecule has 0 saturated heterocycles. The number of nitrogen functional groups attached to an aromatic ring is 1. The fraction of sp³-hybridized carbons (Fsp3) is 0.143. The van der Waals surface area contributed by atoms with Crippen LogP contribution in [0.15, 0.2) is 48.5 Å². The van der Waals surface area contributed by atoms with Gasteiger partial charge in [-0.15, -0.1) is 0 Å². The Kier molecular flexibility index (Phi) is 3.89. The molecule has 0 atom stereocenters. The first-order chi connectivity index (χ1) is 8.25. The van der Waals surface area contributed by atoms with Gasteiger partial charge in [-0.3, -0.25) is 0 Å². The van der Waals surface area contributed by atoms with E-state index in [1.807, 2.05) is 48.5 Å².